The number of nitrogens with zero attached hydrogens (tertiary/aromatic N) is 8. The Morgan fingerprint density at radius 1 is 0.588 bits per heavy atom. The Bertz CT molecular complexity index is 820. The first-order valence-electron chi connectivity index (χ1n) is 11.9. The lowest BCUT2D eigenvalue weighted by molar-refractivity contribution is 0.288. The highest BCUT2D eigenvalue weighted by Crippen LogP contribution is 2.14. The van der Waals surface area contributed by atoms with Crippen molar-refractivity contribution in [3.8, 4) is 11.4 Å². The molecular weight excluding hydrogens is 424 g/mol. The normalized spacial score (nSPS) is 12.4. The fraction of sp³-hybridized carbons (Fsp3) is 0.538. The SMILES string of the molecule is CN(C)CCN(C)CCN=Cc1cccc(-c2cccc(C=NCCN(C)CCN(C)C)n2)n1. The summed E-state index contributed by atoms with van der Waals surface area (Å²) in [5, 5.41) is 0. The Labute approximate surface area is 206 Å². The van der Waals surface area contributed by atoms with Gasteiger partial charge in [-0.05, 0) is 66.6 Å². The van der Waals surface area contributed by atoms with Gasteiger partial charge in [0.15, 0.2) is 0 Å². The maximum absolute atomic E-state index is 4.73. The third-order valence-electron chi connectivity index (χ3n) is 5.33. The average Bonchev–Trinajstić information content (AvgIpc) is 2.82. The molecule has 0 N–H and O–H groups in total. The van der Waals surface area contributed by atoms with Crippen molar-refractivity contribution in [3.63, 3.8) is 0 Å². The van der Waals surface area contributed by atoms with Crippen molar-refractivity contribution in [2.24, 2.45) is 9.98 Å². The summed E-state index contributed by atoms with van der Waals surface area (Å²) in [4.78, 5) is 27.5. The highest BCUT2D eigenvalue weighted by Gasteiger charge is 2.03. The average molecular weight is 467 g/mol. The van der Waals surface area contributed by atoms with Gasteiger partial charge in [0, 0.05) is 51.7 Å². The summed E-state index contributed by atoms with van der Waals surface area (Å²) in [5.74, 6) is 0. The molecular formula is C26H42N8. The van der Waals surface area contributed by atoms with Crippen LogP contribution in [-0.2, 0) is 0 Å². The van der Waals surface area contributed by atoms with E-state index >= 15 is 0 Å². The third kappa shape index (κ3) is 11.6. The lowest BCUT2D eigenvalue weighted by Crippen LogP contribution is -2.30. The van der Waals surface area contributed by atoms with Gasteiger partial charge in [-0.15, -0.1) is 0 Å². The van der Waals surface area contributed by atoms with E-state index in [9.17, 15) is 0 Å². The summed E-state index contributed by atoms with van der Waals surface area (Å²) in [6.45, 7) is 7.54. The highest BCUT2D eigenvalue weighted by molar-refractivity contribution is 5.79. The Kier molecular flexibility index (Phi) is 12.6. The van der Waals surface area contributed by atoms with Crippen molar-refractivity contribution in [1.82, 2.24) is 29.6 Å². The van der Waals surface area contributed by atoms with Gasteiger partial charge in [-0.2, -0.15) is 0 Å². The van der Waals surface area contributed by atoms with E-state index in [4.69, 9.17) is 9.97 Å². The Morgan fingerprint density at radius 2 is 1.00 bits per heavy atom. The van der Waals surface area contributed by atoms with Gasteiger partial charge in [0.25, 0.3) is 0 Å². The molecule has 0 bridgehead atoms. The van der Waals surface area contributed by atoms with E-state index in [-0.39, 0.29) is 0 Å². The molecule has 2 rings (SSSR count). The van der Waals surface area contributed by atoms with E-state index in [1.807, 2.05) is 48.8 Å². The molecule has 0 radical (unpaired) electrons. The molecule has 0 aromatic carbocycles. The Morgan fingerprint density at radius 3 is 1.38 bits per heavy atom. The fourth-order valence-electron chi connectivity index (χ4n) is 3.07. The van der Waals surface area contributed by atoms with Crippen molar-refractivity contribution < 1.29 is 0 Å². The number of likely N-dealkylation sites (N-methyl/N-ethyl adjacent to an activating group) is 4. The van der Waals surface area contributed by atoms with E-state index in [2.05, 4.69) is 71.9 Å². The second-order valence-electron chi connectivity index (χ2n) is 9.18. The van der Waals surface area contributed by atoms with E-state index in [0.29, 0.717) is 0 Å². The number of rotatable bonds is 15. The summed E-state index contributed by atoms with van der Waals surface area (Å²) < 4.78 is 0. The molecule has 0 aliphatic carbocycles. The first kappa shape index (κ1) is 27.7. The van der Waals surface area contributed by atoms with E-state index in [0.717, 1.165) is 75.1 Å². The molecule has 0 unspecified atom stereocenters. The molecule has 0 fully saturated rings. The smallest absolute Gasteiger partial charge is 0.0894 e. The molecule has 0 saturated heterocycles. The zero-order valence-electron chi connectivity index (χ0n) is 21.9. The van der Waals surface area contributed by atoms with Gasteiger partial charge in [-0.25, -0.2) is 9.97 Å². The highest BCUT2D eigenvalue weighted by atomic mass is 15.2. The van der Waals surface area contributed by atoms with Crippen LogP contribution in [0.15, 0.2) is 46.4 Å². The molecule has 8 heteroatoms. The molecule has 34 heavy (non-hydrogen) atoms. The zero-order chi connectivity index (χ0) is 24.8. The zero-order valence-corrected chi connectivity index (χ0v) is 21.9. The summed E-state index contributed by atoms with van der Waals surface area (Å²) in [6, 6.07) is 11.9. The maximum atomic E-state index is 4.73. The monoisotopic (exact) mass is 466 g/mol. The predicted octanol–water partition coefficient (Wildman–Crippen LogP) is 1.97. The van der Waals surface area contributed by atoms with Crippen molar-refractivity contribution in [2.45, 2.75) is 0 Å². The summed E-state index contributed by atoms with van der Waals surface area (Å²) in [7, 11) is 12.6. The maximum Gasteiger partial charge on any atom is 0.0894 e. The minimum Gasteiger partial charge on any atom is -0.308 e. The summed E-state index contributed by atoms with van der Waals surface area (Å²) >= 11 is 0. The first-order chi connectivity index (χ1) is 16.3. The van der Waals surface area contributed by atoms with Crippen molar-refractivity contribution in [2.75, 3.05) is 94.6 Å². The summed E-state index contributed by atoms with van der Waals surface area (Å²) in [5.41, 5.74) is 3.36. The molecule has 0 aliphatic heterocycles. The summed E-state index contributed by atoms with van der Waals surface area (Å²) in [6.07, 6.45) is 3.70. The Hall–Kier alpha value is -2.52. The van der Waals surface area contributed by atoms with E-state index < -0.39 is 0 Å². The number of hydrogen-bond donors (Lipinski definition) is 0. The van der Waals surface area contributed by atoms with Crippen molar-refractivity contribution >= 4 is 12.4 Å². The second kappa shape index (κ2) is 15.4. The largest absolute Gasteiger partial charge is 0.308 e. The quantitative estimate of drug-likeness (QED) is 0.374. The van der Waals surface area contributed by atoms with Crippen LogP contribution in [0, 0.1) is 0 Å². The van der Waals surface area contributed by atoms with Gasteiger partial charge in [0.1, 0.15) is 0 Å². The van der Waals surface area contributed by atoms with Crippen LogP contribution in [0.5, 0.6) is 0 Å². The first-order valence-corrected chi connectivity index (χ1v) is 11.9. The van der Waals surface area contributed by atoms with Crippen molar-refractivity contribution in [3.05, 3.63) is 47.8 Å². The van der Waals surface area contributed by atoms with E-state index in [1.54, 1.807) is 0 Å². The third-order valence-corrected chi connectivity index (χ3v) is 5.33. The van der Waals surface area contributed by atoms with E-state index in [1.165, 1.54) is 0 Å². The fourth-order valence-corrected chi connectivity index (χ4v) is 3.07. The standard InChI is InChI=1S/C26H42N8/c1-31(2)17-19-33(5)15-13-27-21-23-9-7-11-25(29-23)26-12-8-10-24(30-26)22-28-14-16-34(6)20-18-32(3)4/h7-12,21-22H,13-20H2,1-6H3. The van der Waals surface area contributed by atoms with Gasteiger partial charge < -0.3 is 19.6 Å². The molecule has 2 aromatic heterocycles. The minimum atomic E-state index is 0.754. The van der Waals surface area contributed by atoms with Crippen LogP contribution in [0.2, 0.25) is 0 Å². The lowest BCUT2D eigenvalue weighted by atomic mass is 10.2. The lowest BCUT2D eigenvalue weighted by Gasteiger charge is -2.18. The van der Waals surface area contributed by atoms with Crippen LogP contribution in [0.4, 0.5) is 0 Å². The van der Waals surface area contributed by atoms with Gasteiger partial charge in [-0.3, -0.25) is 9.98 Å². The predicted molar refractivity (Wildman–Crippen MR) is 144 cm³/mol. The van der Waals surface area contributed by atoms with Gasteiger partial charge in [0.05, 0.1) is 35.9 Å². The van der Waals surface area contributed by atoms with Crippen LogP contribution in [0.3, 0.4) is 0 Å². The molecule has 0 saturated carbocycles. The van der Waals surface area contributed by atoms with Gasteiger partial charge in [0.2, 0.25) is 0 Å². The molecule has 8 nitrogen and oxygen atoms in total. The van der Waals surface area contributed by atoms with Crippen LogP contribution >= 0.6 is 0 Å². The molecule has 186 valence electrons. The van der Waals surface area contributed by atoms with Gasteiger partial charge in [-0.1, -0.05) is 12.1 Å². The molecule has 2 heterocycles. The molecule has 2 aromatic rings. The van der Waals surface area contributed by atoms with Crippen LogP contribution in [-0.4, -0.2) is 137 Å². The molecule has 0 amide bonds. The Balaban J connectivity index is 1.88. The number of pyridine rings is 2. The minimum absolute atomic E-state index is 0.754. The molecule has 0 atom stereocenters. The molecule has 0 aliphatic rings. The van der Waals surface area contributed by atoms with Crippen LogP contribution < -0.4 is 0 Å². The second-order valence-corrected chi connectivity index (χ2v) is 9.18. The van der Waals surface area contributed by atoms with Crippen molar-refractivity contribution in [1.29, 1.82) is 0 Å². The molecule has 0 spiro atoms. The topological polar surface area (TPSA) is 63.5 Å². The van der Waals surface area contributed by atoms with Crippen LogP contribution in [0.1, 0.15) is 11.4 Å². The van der Waals surface area contributed by atoms with Crippen LogP contribution in [0.25, 0.3) is 11.4 Å². The number of aromatic nitrogens is 2. The van der Waals surface area contributed by atoms with Gasteiger partial charge >= 0.3 is 0 Å². The number of aliphatic imine (C=N–C) groups is 2. The number of hydrogen-bond acceptors (Lipinski definition) is 8.